The Balaban J connectivity index is 2.34. The van der Waals surface area contributed by atoms with Crippen LogP contribution >= 0.6 is 0 Å². The minimum absolute atomic E-state index is 0.0337. The van der Waals surface area contributed by atoms with Crippen molar-refractivity contribution in [1.29, 1.82) is 5.26 Å². The number of para-hydroxylation sites is 1. The van der Waals surface area contributed by atoms with E-state index in [4.69, 9.17) is 5.26 Å². The summed E-state index contributed by atoms with van der Waals surface area (Å²) in [5, 5.41) is 9.11. The number of rotatable bonds is 2. The second kappa shape index (κ2) is 4.35. The SMILES string of the molecule is CCC(C#N)N1CCCc2ccccc21. The van der Waals surface area contributed by atoms with Gasteiger partial charge in [-0.25, -0.2) is 0 Å². The number of nitriles is 1. The molecule has 0 aromatic heterocycles. The van der Waals surface area contributed by atoms with Gasteiger partial charge in [0.25, 0.3) is 0 Å². The third kappa shape index (κ3) is 1.83. The topological polar surface area (TPSA) is 27.0 Å². The molecule has 1 heterocycles. The van der Waals surface area contributed by atoms with Crippen molar-refractivity contribution in [2.24, 2.45) is 0 Å². The Labute approximate surface area is 91.1 Å². The fourth-order valence-electron chi connectivity index (χ4n) is 2.27. The van der Waals surface area contributed by atoms with Crippen LogP contribution in [0.5, 0.6) is 0 Å². The molecule has 1 aliphatic rings. The molecule has 1 unspecified atom stereocenters. The largest absolute Gasteiger partial charge is 0.355 e. The normalized spacial score (nSPS) is 16.7. The zero-order valence-electron chi connectivity index (χ0n) is 9.11. The van der Waals surface area contributed by atoms with Gasteiger partial charge in [0.2, 0.25) is 0 Å². The minimum Gasteiger partial charge on any atom is -0.355 e. The van der Waals surface area contributed by atoms with Gasteiger partial charge in [-0.05, 0) is 30.9 Å². The number of fused-ring (bicyclic) bond motifs is 1. The first kappa shape index (κ1) is 10.0. The molecule has 0 spiro atoms. The van der Waals surface area contributed by atoms with Gasteiger partial charge in [-0.15, -0.1) is 0 Å². The van der Waals surface area contributed by atoms with Crippen LogP contribution in [0.4, 0.5) is 5.69 Å². The molecular weight excluding hydrogens is 184 g/mol. The molecule has 2 heteroatoms. The van der Waals surface area contributed by atoms with Crippen LogP contribution in [0.3, 0.4) is 0 Å². The molecule has 2 rings (SSSR count). The van der Waals surface area contributed by atoms with Gasteiger partial charge >= 0.3 is 0 Å². The van der Waals surface area contributed by atoms with Crippen molar-refractivity contribution >= 4 is 5.69 Å². The minimum atomic E-state index is 0.0337. The number of aryl methyl sites for hydroxylation is 1. The van der Waals surface area contributed by atoms with E-state index in [-0.39, 0.29) is 6.04 Å². The van der Waals surface area contributed by atoms with Gasteiger partial charge in [0.05, 0.1) is 6.07 Å². The molecule has 1 atom stereocenters. The van der Waals surface area contributed by atoms with Crippen LogP contribution in [0.2, 0.25) is 0 Å². The molecule has 0 radical (unpaired) electrons. The Morgan fingerprint density at radius 1 is 1.47 bits per heavy atom. The lowest BCUT2D eigenvalue weighted by atomic mass is 9.99. The molecule has 0 fully saturated rings. The van der Waals surface area contributed by atoms with E-state index in [1.54, 1.807) is 0 Å². The summed E-state index contributed by atoms with van der Waals surface area (Å²) in [4.78, 5) is 2.25. The second-order valence-electron chi connectivity index (χ2n) is 3.98. The molecule has 78 valence electrons. The van der Waals surface area contributed by atoms with Crippen molar-refractivity contribution in [2.75, 3.05) is 11.4 Å². The molecule has 2 nitrogen and oxygen atoms in total. The summed E-state index contributed by atoms with van der Waals surface area (Å²) in [5.41, 5.74) is 2.65. The highest BCUT2D eigenvalue weighted by Gasteiger charge is 2.22. The zero-order chi connectivity index (χ0) is 10.7. The van der Waals surface area contributed by atoms with E-state index in [1.165, 1.54) is 11.3 Å². The summed E-state index contributed by atoms with van der Waals surface area (Å²) >= 11 is 0. The lowest BCUT2D eigenvalue weighted by Crippen LogP contribution is -2.37. The van der Waals surface area contributed by atoms with Crippen molar-refractivity contribution in [3.63, 3.8) is 0 Å². The van der Waals surface area contributed by atoms with Crippen molar-refractivity contribution in [3.8, 4) is 6.07 Å². The molecule has 0 saturated carbocycles. The molecule has 0 aliphatic carbocycles. The second-order valence-corrected chi connectivity index (χ2v) is 3.98. The quantitative estimate of drug-likeness (QED) is 0.734. The zero-order valence-corrected chi connectivity index (χ0v) is 9.11. The molecular formula is C13H16N2. The average Bonchev–Trinajstić information content (AvgIpc) is 2.31. The monoisotopic (exact) mass is 200 g/mol. The first-order valence-corrected chi connectivity index (χ1v) is 5.61. The van der Waals surface area contributed by atoms with E-state index in [0.29, 0.717) is 0 Å². The first-order valence-electron chi connectivity index (χ1n) is 5.61. The van der Waals surface area contributed by atoms with E-state index in [0.717, 1.165) is 25.8 Å². The third-order valence-electron chi connectivity index (χ3n) is 3.06. The van der Waals surface area contributed by atoms with Crippen LogP contribution < -0.4 is 4.90 Å². The number of hydrogen-bond acceptors (Lipinski definition) is 2. The van der Waals surface area contributed by atoms with Gasteiger partial charge in [0.15, 0.2) is 0 Å². The van der Waals surface area contributed by atoms with Crippen molar-refractivity contribution in [1.82, 2.24) is 0 Å². The van der Waals surface area contributed by atoms with Crippen LogP contribution in [0.25, 0.3) is 0 Å². The van der Waals surface area contributed by atoms with Crippen LogP contribution in [-0.4, -0.2) is 12.6 Å². The first-order chi connectivity index (χ1) is 7.36. The van der Waals surface area contributed by atoms with Gasteiger partial charge in [0.1, 0.15) is 6.04 Å². The van der Waals surface area contributed by atoms with Crippen molar-refractivity contribution < 1.29 is 0 Å². The molecule has 0 N–H and O–H groups in total. The van der Waals surface area contributed by atoms with Crippen molar-refractivity contribution in [2.45, 2.75) is 32.2 Å². The predicted molar refractivity (Wildman–Crippen MR) is 61.8 cm³/mol. The van der Waals surface area contributed by atoms with E-state index >= 15 is 0 Å². The molecule has 1 aromatic carbocycles. The Hall–Kier alpha value is -1.49. The Kier molecular flexibility index (Phi) is 2.91. The van der Waals surface area contributed by atoms with Gasteiger partial charge in [-0.2, -0.15) is 5.26 Å². The highest BCUT2D eigenvalue weighted by molar-refractivity contribution is 5.57. The summed E-state index contributed by atoms with van der Waals surface area (Å²) in [5.74, 6) is 0. The summed E-state index contributed by atoms with van der Waals surface area (Å²) in [6.45, 7) is 3.09. The molecule has 1 aliphatic heterocycles. The smallest absolute Gasteiger partial charge is 0.116 e. The van der Waals surface area contributed by atoms with Gasteiger partial charge in [0, 0.05) is 12.2 Å². The molecule has 0 saturated heterocycles. The van der Waals surface area contributed by atoms with Gasteiger partial charge in [-0.1, -0.05) is 25.1 Å². The maximum Gasteiger partial charge on any atom is 0.116 e. The fraction of sp³-hybridized carbons (Fsp3) is 0.462. The molecule has 1 aromatic rings. The van der Waals surface area contributed by atoms with Crippen LogP contribution in [0.1, 0.15) is 25.3 Å². The molecule has 0 amide bonds. The summed E-state index contributed by atoms with van der Waals surface area (Å²) in [6, 6.07) is 10.9. The highest BCUT2D eigenvalue weighted by Crippen LogP contribution is 2.28. The highest BCUT2D eigenvalue weighted by atomic mass is 15.2. The van der Waals surface area contributed by atoms with Crippen LogP contribution in [-0.2, 0) is 6.42 Å². The van der Waals surface area contributed by atoms with E-state index in [9.17, 15) is 0 Å². The Bertz CT molecular complexity index is 378. The lowest BCUT2D eigenvalue weighted by Gasteiger charge is -2.34. The van der Waals surface area contributed by atoms with Crippen LogP contribution in [0, 0.1) is 11.3 Å². The van der Waals surface area contributed by atoms with Crippen molar-refractivity contribution in [3.05, 3.63) is 29.8 Å². The lowest BCUT2D eigenvalue weighted by molar-refractivity contribution is 0.622. The van der Waals surface area contributed by atoms with E-state index in [2.05, 4.69) is 42.2 Å². The molecule has 0 bridgehead atoms. The standard InChI is InChI=1S/C13H16N2/c1-2-12(10-14)15-9-5-7-11-6-3-4-8-13(11)15/h3-4,6,8,12H,2,5,7,9H2,1H3. The fourth-order valence-corrected chi connectivity index (χ4v) is 2.27. The Morgan fingerprint density at radius 2 is 2.27 bits per heavy atom. The number of anilines is 1. The number of nitrogens with zero attached hydrogens (tertiary/aromatic N) is 2. The predicted octanol–water partition coefficient (Wildman–Crippen LogP) is 2.74. The van der Waals surface area contributed by atoms with Gasteiger partial charge in [-0.3, -0.25) is 0 Å². The number of benzene rings is 1. The Morgan fingerprint density at radius 3 is 3.00 bits per heavy atom. The third-order valence-corrected chi connectivity index (χ3v) is 3.06. The van der Waals surface area contributed by atoms with Crippen LogP contribution in [0.15, 0.2) is 24.3 Å². The molecule has 15 heavy (non-hydrogen) atoms. The summed E-state index contributed by atoms with van der Waals surface area (Å²) in [6.07, 6.45) is 3.20. The maximum absolute atomic E-state index is 9.11. The number of hydrogen-bond donors (Lipinski definition) is 0. The van der Waals surface area contributed by atoms with Gasteiger partial charge < -0.3 is 4.90 Å². The summed E-state index contributed by atoms with van der Waals surface area (Å²) < 4.78 is 0. The average molecular weight is 200 g/mol. The maximum atomic E-state index is 9.11. The van der Waals surface area contributed by atoms with E-state index < -0.39 is 0 Å². The van der Waals surface area contributed by atoms with E-state index in [1.807, 2.05) is 0 Å². The summed E-state index contributed by atoms with van der Waals surface area (Å²) in [7, 11) is 0.